The largest absolute Gasteiger partial charge is 0.361 e. The van der Waals surface area contributed by atoms with Gasteiger partial charge in [0.25, 0.3) is 0 Å². The summed E-state index contributed by atoms with van der Waals surface area (Å²) in [6.45, 7) is 2.74. The van der Waals surface area contributed by atoms with Gasteiger partial charge in [-0.25, -0.2) is 0 Å². The number of amides is 2. The molecule has 3 N–H and O–H groups in total. The summed E-state index contributed by atoms with van der Waals surface area (Å²) in [5, 5.41) is 2.47. The van der Waals surface area contributed by atoms with Crippen LogP contribution in [0.2, 0.25) is 0 Å². The molecule has 0 aromatic heterocycles. The average molecular weight is 214 g/mol. The molecule has 0 aromatic rings. The van der Waals surface area contributed by atoms with Crippen molar-refractivity contribution >= 4 is 11.8 Å². The summed E-state index contributed by atoms with van der Waals surface area (Å²) in [5.74, 6) is -1.58. The molecule has 0 radical (unpaired) electrons. The summed E-state index contributed by atoms with van der Waals surface area (Å²) in [6, 6.07) is 0. The molecule has 0 saturated heterocycles. The van der Waals surface area contributed by atoms with Crippen molar-refractivity contribution in [3.8, 4) is 0 Å². The minimum absolute atomic E-state index is 0.551. The average Bonchev–Trinajstić information content (AvgIpc) is 2.21. The van der Waals surface area contributed by atoms with Crippen LogP contribution >= 0.6 is 0 Å². The van der Waals surface area contributed by atoms with Gasteiger partial charge in [-0.2, -0.15) is 0 Å². The third-order valence-electron chi connectivity index (χ3n) is 2.29. The van der Waals surface area contributed by atoms with Crippen molar-refractivity contribution in [1.29, 1.82) is 0 Å². The number of hydrogen-bond acceptors (Lipinski definition) is 2. The molecule has 2 amide bonds. The number of unbranched alkanes of at least 4 members (excludes halogenated alkanes) is 6. The molecule has 4 heteroatoms. The SMILES string of the molecule is CCCCCCCCCNC(=O)C(N)=O. The fourth-order valence-corrected chi connectivity index (χ4v) is 1.37. The fourth-order valence-electron chi connectivity index (χ4n) is 1.37. The number of nitrogens with one attached hydrogen (secondary N) is 1. The molecular weight excluding hydrogens is 192 g/mol. The predicted octanol–water partition coefficient (Wildman–Crippen LogP) is 1.34. The molecule has 0 heterocycles. The Hall–Kier alpha value is -1.06. The van der Waals surface area contributed by atoms with Gasteiger partial charge in [0.1, 0.15) is 0 Å². The second kappa shape index (κ2) is 9.49. The summed E-state index contributed by atoms with van der Waals surface area (Å²) < 4.78 is 0. The Balaban J connectivity index is 3.11. The molecule has 0 fully saturated rings. The Morgan fingerprint density at radius 1 is 1.00 bits per heavy atom. The van der Waals surface area contributed by atoms with Crippen molar-refractivity contribution in [2.45, 2.75) is 51.9 Å². The molecule has 0 rings (SSSR count). The van der Waals surface area contributed by atoms with E-state index in [4.69, 9.17) is 5.73 Å². The Bertz CT molecular complexity index is 193. The lowest BCUT2D eigenvalue weighted by molar-refractivity contribution is -0.137. The van der Waals surface area contributed by atoms with E-state index in [2.05, 4.69) is 12.2 Å². The van der Waals surface area contributed by atoms with Gasteiger partial charge >= 0.3 is 11.8 Å². The van der Waals surface area contributed by atoms with Gasteiger partial charge in [0.2, 0.25) is 0 Å². The molecule has 15 heavy (non-hydrogen) atoms. The van der Waals surface area contributed by atoms with Crippen LogP contribution in [0.25, 0.3) is 0 Å². The van der Waals surface area contributed by atoms with Crippen LogP contribution in [0.15, 0.2) is 0 Å². The van der Waals surface area contributed by atoms with Crippen molar-refractivity contribution in [1.82, 2.24) is 5.32 Å². The standard InChI is InChI=1S/C11H22N2O2/c1-2-3-4-5-6-7-8-9-13-11(15)10(12)14/h2-9H2,1H3,(H2,12,14)(H,13,15). The second-order valence-corrected chi connectivity index (χ2v) is 3.74. The van der Waals surface area contributed by atoms with Crippen molar-refractivity contribution < 1.29 is 9.59 Å². The summed E-state index contributed by atoms with van der Waals surface area (Å²) in [7, 11) is 0. The van der Waals surface area contributed by atoms with Crippen LogP contribution in [-0.4, -0.2) is 18.4 Å². The van der Waals surface area contributed by atoms with Crippen molar-refractivity contribution in [2.75, 3.05) is 6.54 Å². The van der Waals surface area contributed by atoms with Gasteiger partial charge in [-0.05, 0) is 6.42 Å². The Labute approximate surface area is 91.6 Å². The highest BCUT2D eigenvalue weighted by Gasteiger charge is 2.05. The minimum atomic E-state index is -0.905. The highest BCUT2D eigenvalue weighted by Crippen LogP contribution is 2.06. The Morgan fingerprint density at radius 3 is 2.07 bits per heavy atom. The van der Waals surface area contributed by atoms with Crippen LogP contribution < -0.4 is 11.1 Å². The molecule has 0 atom stereocenters. The Kier molecular flexibility index (Phi) is 8.82. The van der Waals surface area contributed by atoms with Crippen LogP contribution in [0.3, 0.4) is 0 Å². The van der Waals surface area contributed by atoms with E-state index in [0.717, 1.165) is 12.8 Å². The van der Waals surface area contributed by atoms with Gasteiger partial charge in [-0.3, -0.25) is 9.59 Å². The fraction of sp³-hybridized carbons (Fsp3) is 0.818. The first kappa shape index (κ1) is 13.9. The van der Waals surface area contributed by atoms with Crippen LogP contribution in [0.1, 0.15) is 51.9 Å². The van der Waals surface area contributed by atoms with E-state index in [1.807, 2.05) is 0 Å². The van der Waals surface area contributed by atoms with E-state index < -0.39 is 11.8 Å². The summed E-state index contributed by atoms with van der Waals surface area (Å²) in [4.78, 5) is 21.1. The number of nitrogens with two attached hydrogens (primary N) is 1. The molecule has 0 unspecified atom stereocenters. The Morgan fingerprint density at radius 2 is 1.53 bits per heavy atom. The predicted molar refractivity (Wildman–Crippen MR) is 60.2 cm³/mol. The molecule has 0 aliphatic rings. The maximum Gasteiger partial charge on any atom is 0.309 e. The quantitative estimate of drug-likeness (QED) is 0.472. The third kappa shape index (κ3) is 9.25. The summed E-state index contributed by atoms with van der Waals surface area (Å²) in [6.07, 6.45) is 8.34. The van der Waals surface area contributed by atoms with Crippen molar-refractivity contribution in [2.24, 2.45) is 5.73 Å². The second-order valence-electron chi connectivity index (χ2n) is 3.74. The van der Waals surface area contributed by atoms with E-state index in [0.29, 0.717) is 6.54 Å². The van der Waals surface area contributed by atoms with Gasteiger partial charge in [-0.1, -0.05) is 45.4 Å². The molecule has 0 aliphatic carbocycles. The van der Waals surface area contributed by atoms with Gasteiger partial charge in [0, 0.05) is 6.54 Å². The smallest absolute Gasteiger partial charge is 0.309 e. The maximum absolute atomic E-state index is 10.7. The minimum Gasteiger partial charge on any atom is -0.361 e. The summed E-state index contributed by atoms with van der Waals surface area (Å²) >= 11 is 0. The number of carbonyl (C=O) groups excluding carboxylic acids is 2. The van der Waals surface area contributed by atoms with Crippen LogP contribution in [0.4, 0.5) is 0 Å². The van der Waals surface area contributed by atoms with Gasteiger partial charge in [0.05, 0.1) is 0 Å². The third-order valence-corrected chi connectivity index (χ3v) is 2.29. The topological polar surface area (TPSA) is 72.2 Å². The lowest BCUT2D eigenvalue weighted by Crippen LogP contribution is -2.36. The number of carbonyl (C=O) groups is 2. The van der Waals surface area contributed by atoms with Gasteiger partial charge in [-0.15, -0.1) is 0 Å². The molecule has 0 saturated carbocycles. The van der Waals surface area contributed by atoms with Crippen LogP contribution in [0.5, 0.6) is 0 Å². The maximum atomic E-state index is 10.7. The molecule has 0 aliphatic heterocycles. The van der Waals surface area contributed by atoms with Gasteiger partial charge < -0.3 is 11.1 Å². The highest BCUT2D eigenvalue weighted by atomic mass is 16.2. The molecular formula is C11H22N2O2. The number of hydrogen-bond donors (Lipinski definition) is 2. The first-order valence-electron chi connectivity index (χ1n) is 5.76. The van der Waals surface area contributed by atoms with Crippen LogP contribution in [-0.2, 0) is 9.59 Å². The number of rotatable bonds is 8. The molecule has 0 aromatic carbocycles. The highest BCUT2D eigenvalue weighted by molar-refractivity contribution is 6.34. The van der Waals surface area contributed by atoms with E-state index in [1.54, 1.807) is 0 Å². The first-order valence-corrected chi connectivity index (χ1v) is 5.76. The normalized spacial score (nSPS) is 9.93. The molecule has 0 spiro atoms. The first-order chi connectivity index (χ1) is 7.18. The summed E-state index contributed by atoms with van der Waals surface area (Å²) in [5.41, 5.74) is 4.78. The lowest BCUT2D eigenvalue weighted by Gasteiger charge is -2.02. The monoisotopic (exact) mass is 214 g/mol. The van der Waals surface area contributed by atoms with E-state index >= 15 is 0 Å². The lowest BCUT2D eigenvalue weighted by atomic mass is 10.1. The molecule has 88 valence electrons. The van der Waals surface area contributed by atoms with E-state index in [9.17, 15) is 9.59 Å². The molecule has 0 bridgehead atoms. The van der Waals surface area contributed by atoms with Gasteiger partial charge in [0.15, 0.2) is 0 Å². The van der Waals surface area contributed by atoms with Crippen molar-refractivity contribution in [3.05, 3.63) is 0 Å². The number of primary amides is 1. The van der Waals surface area contributed by atoms with E-state index in [-0.39, 0.29) is 0 Å². The zero-order chi connectivity index (χ0) is 11.5. The van der Waals surface area contributed by atoms with Crippen molar-refractivity contribution in [3.63, 3.8) is 0 Å². The zero-order valence-corrected chi connectivity index (χ0v) is 9.55. The molecule has 4 nitrogen and oxygen atoms in total. The van der Waals surface area contributed by atoms with Crippen LogP contribution in [0, 0.1) is 0 Å². The van der Waals surface area contributed by atoms with E-state index in [1.165, 1.54) is 32.1 Å². The zero-order valence-electron chi connectivity index (χ0n) is 9.55.